The van der Waals surface area contributed by atoms with Gasteiger partial charge in [0.2, 0.25) is 5.91 Å². The second kappa shape index (κ2) is 17.2. The average molecular weight is 497 g/mol. The third kappa shape index (κ3) is 19.3. The highest BCUT2D eigenvalue weighted by Gasteiger charge is 2.20. The Balaban J connectivity index is 4.25. The van der Waals surface area contributed by atoms with Gasteiger partial charge in [-0.2, -0.15) is 11.8 Å². The van der Waals surface area contributed by atoms with Crippen molar-refractivity contribution >= 4 is 29.7 Å². The summed E-state index contributed by atoms with van der Waals surface area (Å²) < 4.78 is 5.09. The molecule has 194 valence electrons. The van der Waals surface area contributed by atoms with E-state index in [0.717, 1.165) is 25.7 Å². The third-order valence-electron chi connectivity index (χ3n) is 4.61. The highest BCUT2D eigenvalue weighted by atomic mass is 32.2. The summed E-state index contributed by atoms with van der Waals surface area (Å²) in [5, 5.41) is 14.4. The first-order chi connectivity index (χ1) is 15.8. The highest BCUT2D eigenvalue weighted by molar-refractivity contribution is 7.99. The van der Waals surface area contributed by atoms with Crippen molar-refractivity contribution in [2.45, 2.75) is 92.2 Å². The van der Waals surface area contributed by atoms with Crippen molar-refractivity contribution in [1.82, 2.24) is 10.6 Å². The van der Waals surface area contributed by atoms with Gasteiger partial charge in [0.25, 0.3) is 0 Å². The number of aliphatic carboxylic acids is 1. The summed E-state index contributed by atoms with van der Waals surface area (Å²) in [5.41, 5.74) is 3.40. The number of amides is 2. The van der Waals surface area contributed by atoms with Crippen molar-refractivity contribution in [3.8, 4) is 0 Å². The molecule has 1 atom stereocenters. The summed E-state index contributed by atoms with van der Waals surface area (Å²) in [6.45, 7) is 13.8. The topological polar surface area (TPSA) is 105 Å². The van der Waals surface area contributed by atoms with E-state index < -0.39 is 29.6 Å². The Morgan fingerprint density at radius 1 is 0.941 bits per heavy atom. The standard InChI is InChI=1S/C26H44N2O5S/c1-19(2)10-8-11-20(3)12-9-13-21(4)15-17-34-18-22(24(30)31)28-23(29)14-16-27-25(32)33-26(5,6)7/h10,12,15,22H,8-9,11,13-14,16-18H2,1-7H3,(H,27,32)(H,28,29)(H,30,31)/b20-12+,21-15+/t22-/m0/s1. The Bertz CT molecular complexity index is 747. The largest absolute Gasteiger partial charge is 0.480 e. The van der Waals surface area contributed by atoms with Crippen LogP contribution < -0.4 is 10.6 Å². The van der Waals surface area contributed by atoms with Gasteiger partial charge in [0.1, 0.15) is 11.6 Å². The molecule has 0 rings (SSSR count). The number of carboxylic acids is 1. The first-order valence-corrected chi connectivity index (χ1v) is 13.0. The molecule has 0 saturated heterocycles. The van der Waals surface area contributed by atoms with E-state index in [9.17, 15) is 19.5 Å². The van der Waals surface area contributed by atoms with Crippen molar-refractivity contribution in [2.75, 3.05) is 18.1 Å². The van der Waals surface area contributed by atoms with Crippen LogP contribution in [0.5, 0.6) is 0 Å². The van der Waals surface area contributed by atoms with E-state index in [1.807, 2.05) is 0 Å². The molecule has 0 unspecified atom stereocenters. The molecule has 3 N–H and O–H groups in total. The third-order valence-corrected chi connectivity index (χ3v) is 5.58. The molecule has 0 aromatic heterocycles. The molecule has 0 heterocycles. The molecule has 0 aromatic carbocycles. The second-order valence-electron chi connectivity index (χ2n) is 9.63. The molecule has 0 radical (unpaired) electrons. The number of nitrogens with one attached hydrogen (secondary N) is 2. The zero-order valence-corrected chi connectivity index (χ0v) is 22.8. The Morgan fingerprint density at radius 2 is 1.53 bits per heavy atom. The number of hydrogen-bond donors (Lipinski definition) is 3. The van der Waals surface area contributed by atoms with Crippen molar-refractivity contribution < 1.29 is 24.2 Å². The van der Waals surface area contributed by atoms with Gasteiger partial charge in [-0.3, -0.25) is 4.79 Å². The van der Waals surface area contributed by atoms with Crippen LogP contribution in [-0.2, 0) is 14.3 Å². The number of rotatable bonds is 15. The van der Waals surface area contributed by atoms with Crippen LogP contribution in [0.4, 0.5) is 4.79 Å². The lowest BCUT2D eigenvalue weighted by Crippen LogP contribution is -2.43. The molecule has 2 amide bonds. The van der Waals surface area contributed by atoms with Crippen molar-refractivity contribution in [2.24, 2.45) is 0 Å². The maximum Gasteiger partial charge on any atom is 0.407 e. The van der Waals surface area contributed by atoms with Crippen LogP contribution in [0.2, 0.25) is 0 Å². The minimum atomic E-state index is -1.07. The van der Waals surface area contributed by atoms with Gasteiger partial charge in [0.05, 0.1) is 0 Å². The molecule has 34 heavy (non-hydrogen) atoms. The average Bonchev–Trinajstić information content (AvgIpc) is 2.68. The summed E-state index contributed by atoms with van der Waals surface area (Å²) in [6.07, 6.45) is 10.2. The van der Waals surface area contributed by atoms with Crippen molar-refractivity contribution in [1.29, 1.82) is 0 Å². The van der Waals surface area contributed by atoms with Crippen molar-refractivity contribution in [3.63, 3.8) is 0 Å². The Kier molecular flexibility index (Phi) is 16.1. The maximum absolute atomic E-state index is 12.0. The predicted molar refractivity (Wildman–Crippen MR) is 141 cm³/mol. The molecular weight excluding hydrogens is 452 g/mol. The Hall–Kier alpha value is -2.22. The van der Waals surface area contributed by atoms with E-state index in [1.54, 1.807) is 20.8 Å². The zero-order chi connectivity index (χ0) is 26.1. The molecule has 0 bridgehead atoms. The maximum atomic E-state index is 12.0. The predicted octanol–water partition coefficient (Wildman–Crippen LogP) is 5.62. The number of alkyl carbamates (subject to hydrolysis) is 1. The summed E-state index contributed by atoms with van der Waals surface area (Å²) in [6, 6.07) is -0.973. The molecule has 8 heteroatoms. The highest BCUT2D eigenvalue weighted by Crippen LogP contribution is 2.13. The molecule has 7 nitrogen and oxygen atoms in total. The summed E-state index contributed by atoms with van der Waals surface area (Å²) in [7, 11) is 0. The van der Waals surface area contributed by atoms with Crippen LogP contribution in [0.25, 0.3) is 0 Å². The first-order valence-electron chi connectivity index (χ1n) is 11.8. The zero-order valence-electron chi connectivity index (χ0n) is 22.0. The van der Waals surface area contributed by atoms with Gasteiger partial charge < -0.3 is 20.5 Å². The normalized spacial score (nSPS) is 13.1. The van der Waals surface area contributed by atoms with Gasteiger partial charge in [0.15, 0.2) is 0 Å². The Morgan fingerprint density at radius 3 is 2.09 bits per heavy atom. The van der Waals surface area contributed by atoms with E-state index >= 15 is 0 Å². The molecule has 0 saturated carbocycles. The lowest BCUT2D eigenvalue weighted by molar-refractivity contribution is -0.141. The van der Waals surface area contributed by atoms with Crippen LogP contribution in [0.15, 0.2) is 34.9 Å². The van der Waals surface area contributed by atoms with Gasteiger partial charge in [-0.05, 0) is 74.1 Å². The number of carbonyl (C=O) groups excluding carboxylic acids is 2. The van der Waals surface area contributed by atoms with E-state index in [1.165, 1.54) is 28.5 Å². The number of carbonyl (C=O) groups is 3. The van der Waals surface area contributed by atoms with E-state index in [-0.39, 0.29) is 18.7 Å². The minimum absolute atomic E-state index is 0.0199. The fourth-order valence-electron chi connectivity index (χ4n) is 2.76. The van der Waals surface area contributed by atoms with Gasteiger partial charge in [-0.15, -0.1) is 0 Å². The van der Waals surface area contributed by atoms with E-state index in [0.29, 0.717) is 5.75 Å². The van der Waals surface area contributed by atoms with E-state index in [4.69, 9.17) is 4.74 Å². The Labute approximate surface area is 209 Å². The monoisotopic (exact) mass is 496 g/mol. The number of ether oxygens (including phenoxy) is 1. The SMILES string of the molecule is CC(C)=CCC/C(C)=C/CC/C(C)=C/CSC[C@H](NC(=O)CCNC(=O)OC(C)(C)C)C(=O)O. The smallest absolute Gasteiger partial charge is 0.407 e. The molecule has 0 aromatic rings. The molecule has 0 aliphatic heterocycles. The lowest BCUT2D eigenvalue weighted by atomic mass is 10.1. The number of thioether (sulfide) groups is 1. The van der Waals surface area contributed by atoms with Gasteiger partial charge >= 0.3 is 12.1 Å². The fraction of sp³-hybridized carbons (Fsp3) is 0.654. The minimum Gasteiger partial charge on any atom is -0.480 e. The van der Waals surface area contributed by atoms with E-state index in [2.05, 4.69) is 56.6 Å². The molecule has 0 aliphatic carbocycles. The van der Waals surface area contributed by atoms with Crippen LogP contribution in [0, 0.1) is 0 Å². The molecule has 0 fully saturated rings. The summed E-state index contributed by atoms with van der Waals surface area (Å²) in [5.74, 6) is -0.541. The number of carboxylic acid groups (broad SMARTS) is 1. The van der Waals surface area contributed by atoms with Gasteiger partial charge in [-0.1, -0.05) is 34.9 Å². The molecule has 0 aliphatic rings. The van der Waals surface area contributed by atoms with Gasteiger partial charge in [0, 0.05) is 24.5 Å². The number of hydrogen-bond acceptors (Lipinski definition) is 5. The second-order valence-corrected chi connectivity index (χ2v) is 10.7. The quantitative estimate of drug-likeness (QED) is 0.201. The van der Waals surface area contributed by atoms with Crippen LogP contribution in [0.3, 0.4) is 0 Å². The summed E-state index contributed by atoms with van der Waals surface area (Å²) >= 11 is 1.47. The lowest BCUT2D eigenvalue weighted by Gasteiger charge is -2.19. The first kappa shape index (κ1) is 31.8. The van der Waals surface area contributed by atoms with Crippen molar-refractivity contribution in [3.05, 3.63) is 34.9 Å². The van der Waals surface area contributed by atoms with Crippen LogP contribution in [0.1, 0.15) is 80.6 Å². The number of allylic oxidation sites excluding steroid dienone is 5. The van der Waals surface area contributed by atoms with Crippen LogP contribution in [-0.4, -0.2) is 52.8 Å². The van der Waals surface area contributed by atoms with Crippen LogP contribution >= 0.6 is 11.8 Å². The molecule has 0 spiro atoms. The summed E-state index contributed by atoms with van der Waals surface area (Å²) in [4.78, 5) is 35.1. The molecular formula is C26H44N2O5S. The van der Waals surface area contributed by atoms with Gasteiger partial charge in [-0.25, -0.2) is 9.59 Å². The fourth-order valence-corrected chi connectivity index (χ4v) is 3.76.